The molecule has 0 spiro atoms. The smallest absolute Gasteiger partial charge is 0.320 e. The maximum absolute atomic E-state index is 11.2. The van der Waals surface area contributed by atoms with Crippen LogP contribution in [0.3, 0.4) is 0 Å². The van der Waals surface area contributed by atoms with Gasteiger partial charge in [-0.2, -0.15) is 0 Å². The van der Waals surface area contributed by atoms with Gasteiger partial charge in [0.1, 0.15) is 4.32 Å². The second kappa shape index (κ2) is 6.89. The Bertz CT molecular complexity index is 256. The molecule has 16 heavy (non-hydrogen) atoms. The van der Waals surface area contributed by atoms with Gasteiger partial charge in [0.15, 0.2) is 0 Å². The minimum atomic E-state index is -0.852. The van der Waals surface area contributed by atoms with Crippen LogP contribution in [0.4, 0.5) is 0 Å². The molecule has 1 atom stereocenters. The molecule has 0 fully saturated rings. The molecule has 0 aromatic heterocycles. The normalized spacial score (nSPS) is 14.6. The van der Waals surface area contributed by atoms with Crippen LogP contribution < -0.4 is 5.32 Å². The Balaban J connectivity index is 3.89. The number of carboxylic acids is 1. The van der Waals surface area contributed by atoms with E-state index in [4.69, 9.17) is 5.11 Å². The number of carbonyl (C=O) groups excluding carboxylic acids is 1. The monoisotopic (exact) mass is 293 g/mol. The predicted octanol–water partition coefficient (Wildman–Crippen LogP) is 2.17. The van der Waals surface area contributed by atoms with Gasteiger partial charge in [-0.3, -0.25) is 9.59 Å². The fourth-order valence-electron chi connectivity index (χ4n) is 1.22. The molecule has 0 aromatic rings. The summed E-state index contributed by atoms with van der Waals surface area (Å²) in [5, 5.41) is 11.8. The van der Waals surface area contributed by atoms with Crippen molar-refractivity contribution in [2.75, 3.05) is 6.54 Å². The van der Waals surface area contributed by atoms with Gasteiger partial charge in [-0.15, -0.1) is 0 Å². The maximum Gasteiger partial charge on any atom is 0.320 e. The molecular formula is C11H20BrNO3. The highest BCUT2D eigenvalue weighted by molar-refractivity contribution is 9.10. The highest BCUT2D eigenvalue weighted by Crippen LogP contribution is 2.28. The molecule has 0 heterocycles. The minimum Gasteiger partial charge on any atom is -0.480 e. The molecule has 0 rings (SSSR count). The molecule has 5 heteroatoms. The lowest BCUT2D eigenvalue weighted by Crippen LogP contribution is -2.33. The van der Waals surface area contributed by atoms with E-state index in [-0.39, 0.29) is 11.8 Å². The molecule has 4 nitrogen and oxygen atoms in total. The van der Waals surface area contributed by atoms with Gasteiger partial charge in [-0.25, -0.2) is 0 Å². The number of halogens is 1. The molecule has 0 bridgehead atoms. The van der Waals surface area contributed by atoms with Crippen molar-refractivity contribution in [3.05, 3.63) is 0 Å². The molecule has 0 radical (unpaired) electrons. The van der Waals surface area contributed by atoms with E-state index in [9.17, 15) is 9.59 Å². The summed E-state index contributed by atoms with van der Waals surface area (Å²) in [5.74, 6) is -0.864. The Kier molecular flexibility index (Phi) is 6.64. The Labute approximate surface area is 105 Å². The number of rotatable bonds is 7. The molecule has 0 saturated heterocycles. The van der Waals surface area contributed by atoms with Crippen molar-refractivity contribution in [2.24, 2.45) is 5.92 Å². The maximum atomic E-state index is 11.2. The van der Waals surface area contributed by atoms with Crippen LogP contribution in [-0.4, -0.2) is 27.9 Å². The molecule has 0 aliphatic carbocycles. The van der Waals surface area contributed by atoms with E-state index in [1.807, 2.05) is 20.8 Å². The summed E-state index contributed by atoms with van der Waals surface area (Å²) in [6.07, 6.45) is 1.70. The summed E-state index contributed by atoms with van der Waals surface area (Å²) in [6, 6.07) is 0. The van der Waals surface area contributed by atoms with Crippen molar-refractivity contribution >= 4 is 27.8 Å². The summed E-state index contributed by atoms with van der Waals surface area (Å²) in [7, 11) is 0. The van der Waals surface area contributed by atoms with E-state index in [2.05, 4.69) is 21.2 Å². The topological polar surface area (TPSA) is 66.4 Å². The largest absolute Gasteiger partial charge is 0.480 e. The number of aliphatic carboxylic acids is 1. The lowest BCUT2D eigenvalue weighted by Gasteiger charge is -2.20. The van der Waals surface area contributed by atoms with Crippen LogP contribution in [-0.2, 0) is 9.59 Å². The summed E-state index contributed by atoms with van der Waals surface area (Å²) in [4.78, 5) is 22.2. The molecule has 1 amide bonds. The SMILES string of the molecule is CCC(Br)(CCCNC(=O)C(C)C)C(=O)O. The number of nitrogens with one attached hydrogen (secondary N) is 1. The molecule has 2 N–H and O–H groups in total. The zero-order chi connectivity index (χ0) is 12.8. The van der Waals surface area contributed by atoms with Crippen LogP contribution in [0.25, 0.3) is 0 Å². The van der Waals surface area contributed by atoms with E-state index in [0.717, 1.165) is 0 Å². The molecule has 0 aromatic carbocycles. The predicted molar refractivity (Wildman–Crippen MR) is 66.7 cm³/mol. The van der Waals surface area contributed by atoms with Crippen molar-refractivity contribution in [1.82, 2.24) is 5.32 Å². The van der Waals surface area contributed by atoms with Crippen LogP contribution in [0, 0.1) is 5.92 Å². The van der Waals surface area contributed by atoms with Gasteiger partial charge in [0.05, 0.1) is 0 Å². The first-order valence-electron chi connectivity index (χ1n) is 5.53. The van der Waals surface area contributed by atoms with Crippen molar-refractivity contribution in [3.8, 4) is 0 Å². The van der Waals surface area contributed by atoms with Crippen LogP contribution in [0.15, 0.2) is 0 Å². The van der Waals surface area contributed by atoms with Gasteiger partial charge in [0.25, 0.3) is 0 Å². The van der Waals surface area contributed by atoms with E-state index >= 15 is 0 Å². The van der Waals surface area contributed by atoms with Crippen molar-refractivity contribution < 1.29 is 14.7 Å². The molecule has 0 aliphatic rings. The Hall–Kier alpha value is -0.580. The Morgan fingerprint density at radius 1 is 1.44 bits per heavy atom. The van der Waals surface area contributed by atoms with Crippen LogP contribution in [0.5, 0.6) is 0 Å². The second-order valence-corrected chi connectivity index (χ2v) is 5.69. The number of hydrogen-bond donors (Lipinski definition) is 2. The van der Waals surface area contributed by atoms with Crippen LogP contribution in [0.1, 0.15) is 40.0 Å². The third kappa shape index (κ3) is 4.96. The fraction of sp³-hybridized carbons (Fsp3) is 0.818. The van der Waals surface area contributed by atoms with Gasteiger partial charge >= 0.3 is 5.97 Å². The van der Waals surface area contributed by atoms with Gasteiger partial charge < -0.3 is 10.4 Å². The highest BCUT2D eigenvalue weighted by atomic mass is 79.9. The van der Waals surface area contributed by atoms with Crippen molar-refractivity contribution in [1.29, 1.82) is 0 Å². The minimum absolute atomic E-state index is 0.00648. The lowest BCUT2D eigenvalue weighted by atomic mass is 10.0. The van der Waals surface area contributed by atoms with Gasteiger partial charge in [0.2, 0.25) is 5.91 Å². The quantitative estimate of drug-likeness (QED) is 0.558. The molecule has 0 aliphatic heterocycles. The van der Waals surface area contributed by atoms with Gasteiger partial charge in [-0.05, 0) is 19.3 Å². The number of hydrogen-bond acceptors (Lipinski definition) is 2. The average Bonchev–Trinajstić information content (AvgIpc) is 2.23. The van der Waals surface area contributed by atoms with E-state index < -0.39 is 10.3 Å². The molecule has 0 saturated carbocycles. The average molecular weight is 294 g/mol. The zero-order valence-corrected chi connectivity index (χ0v) is 11.6. The van der Waals surface area contributed by atoms with Gasteiger partial charge in [0, 0.05) is 12.5 Å². The zero-order valence-electron chi connectivity index (χ0n) is 10.0. The second-order valence-electron chi connectivity index (χ2n) is 4.17. The summed E-state index contributed by atoms with van der Waals surface area (Å²) < 4.78 is -0.852. The standard InChI is InChI=1S/C11H20BrNO3/c1-4-11(12,10(15)16)6-5-7-13-9(14)8(2)3/h8H,4-7H2,1-3H3,(H,13,14)(H,15,16). The number of carboxylic acid groups (broad SMARTS) is 1. The van der Waals surface area contributed by atoms with Crippen LogP contribution in [0.2, 0.25) is 0 Å². The first-order chi connectivity index (χ1) is 7.33. The Morgan fingerprint density at radius 2 is 2.00 bits per heavy atom. The van der Waals surface area contributed by atoms with E-state index in [1.54, 1.807) is 0 Å². The third-order valence-electron chi connectivity index (χ3n) is 2.52. The number of amides is 1. The summed E-state index contributed by atoms with van der Waals surface area (Å²) in [5.41, 5.74) is 0. The van der Waals surface area contributed by atoms with E-state index in [1.165, 1.54) is 0 Å². The number of alkyl halides is 1. The third-order valence-corrected chi connectivity index (χ3v) is 3.81. The first-order valence-corrected chi connectivity index (χ1v) is 6.32. The van der Waals surface area contributed by atoms with Crippen molar-refractivity contribution in [3.63, 3.8) is 0 Å². The van der Waals surface area contributed by atoms with Crippen molar-refractivity contribution in [2.45, 2.75) is 44.4 Å². The Morgan fingerprint density at radius 3 is 2.38 bits per heavy atom. The van der Waals surface area contributed by atoms with E-state index in [0.29, 0.717) is 25.8 Å². The highest BCUT2D eigenvalue weighted by Gasteiger charge is 2.32. The summed E-state index contributed by atoms with van der Waals surface area (Å²) >= 11 is 3.23. The van der Waals surface area contributed by atoms with Gasteiger partial charge in [-0.1, -0.05) is 36.7 Å². The lowest BCUT2D eigenvalue weighted by molar-refractivity contribution is -0.139. The summed E-state index contributed by atoms with van der Waals surface area (Å²) in [6.45, 7) is 6.01. The molecular weight excluding hydrogens is 274 g/mol. The fourth-order valence-corrected chi connectivity index (χ4v) is 1.50. The first kappa shape index (κ1) is 15.4. The molecule has 1 unspecified atom stereocenters. The number of carbonyl (C=O) groups is 2. The molecule has 94 valence electrons. The van der Waals surface area contributed by atoms with Crippen LogP contribution >= 0.6 is 15.9 Å².